The van der Waals surface area contributed by atoms with Crippen molar-refractivity contribution in [3.05, 3.63) is 107 Å². The highest BCUT2D eigenvalue weighted by atomic mass is 19.2. The van der Waals surface area contributed by atoms with Crippen molar-refractivity contribution in [2.24, 2.45) is 0 Å². The molecule has 0 aliphatic heterocycles. The molecule has 3 rings (SSSR count). The first-order chi connectivity index (χ1) is 13.0. The van der Waals surface area contributed by atoms with E-state index in [0.29, 0.717) is 11.3 Å². The predicted molar refractivity (Wildman–Crippen MR) is 100 cm³/mol. The Balaban J connectivity index is 2.00. The number of Topliss-reactive ketones (excluding diaryl/α,β-unsaturated/α-hetero) is 1. The van der Waals surface area contributed by atoms with Gasteiger partial charge < -0.3 is 5.32 Å². The fraction of sp³-hybridized carbons (Fsp3) is 0. The van der Waals surface area contributed by atoms with Crippen molar-refractivity contribution in [2.75, 3.05) is 5.32 Å². The summed E-state index contributed by atoms with van der Waals surface area (Å²) in [5.41, 5.74) is 0.849. The third-order valence-electron chi connectivity index (χ3n) is 3.81. The topological polar surface area (TPSA) is 46.2 Å². The Morgan fingerprint density at radius 3 is 2.04 bits per heavy atom. The lowest BCUT2D eigenvalue weighted by Gasteiger charge is -2.09. The highest BCUT2D eigenvalue weighted by Crippen LogP contribution is 2.18. The largest absolute Gasteiger partial charge is 0.322 e. The summed E-state index contributed by atoms with van der Waals surface area (Å²) in [5.74, 6) is -3.22. The second-order valence-corrected chi connectivity index (χ2v) is 5.75. The van der Waals surface area contributed by atoms with Gasteiger partial charge in [0.2, 0.25) is 0 Å². The molecule has 0 aliphatic rings. The lowest BCUT2D eigenvalue weighted by Crippen LogP contribution is -2.20. The number of ketones is 1. The molecule has 0 aromatic heterocycles. The average molecular weight is 363 g/mol. The first-order valence-electron chi connectivity index (χ1n) is 8.17. The lowest BCUT2D eigenvalue weighted by atomic mass is 10.00. The number of carbonyl (C=O) groups excluding carboxylic acids is 2. The van der Waals surface area contributed by atoms with Crippen LogP contribution in [0.1, 0.15) is 15.9 Å². The Morgan fingerprint density at radius 2 is 1.41 bits per heavy atom. The number of anilines is 1. The number of carbonyl (C=O) groups is 2. The molecular formula is C22H15F2NO2. The second-order valence-electron chi connectivity index (χ2n) is 5.75. The maximum absolute atomic E-state index is 13.5. The zero-order chi connectivity index (χ0) is 19.2. The molecule has 5 heteroatoms. The summed E-state index contributed by atoms with van der Waals surface area (Å²) < 4.78 is 26.7. The van der Waals surface area contributed by atoms with Crippen LogP contribution in [0.5, 0.6) is 0 Å². The predicted octanol–water partition coefficient (Wildman–Crippen LogP) is 4.87. The van der Waals surface area contributed by atoms with Gasteiger partial charge in [-0.2, -0.15) is 0 Å². The van der Waals surface area contributed by atoms with Gasteiger partial charge >= 0.3 is 0 Å². The van der Waals surface area contributed by atoms with Crippen LogP contribution in [0.4, 0.5) is 14.5 Å². The summed E-state index contributed by atoms with van der Waals surface area (Å²) in [5, 5.41) is 2.64. The summed E-state index contributed by atoms with van der Waals surface area (Å²) in [7, 11) is 0. The second kappa shape index (κ2) is 8.19. The van der Waals surface area contributed by atoms with Crippen LogP contribution in [0.15, 0.2) is 84.4 Å². The summed E-state index contributed by atoms with van der Waals surface area (Å²) in [6, 6.07) is 20.1. The lowest BCUT2D eigenvalue weighted by molar-refractivity contribution is -0.112. The normalized spacial score (nSPS) is 11.1. The quantitative estimate of drug-likeness (QED) is 0.304. The number of rotatable bonds is 5. The molecule has 0 saturated heterocycles. The van der Waals surface area contributed by atoms with Crippen LogP contribution >= 0.6 is 0 Å². The maximum Gasteiger partial charge on any atom is 0.259 e. The van der Waals surface area contributed by atoms with Gasteiger partial charge in [-0.3, -0.25) is 9.59 Å². The van der Waals surface area contributed by atoms with Crippen LogP contribution in [-0.4, -0.2) is 11.7 Å². The van der Waals surface area contributed by atoms with Crippen molar-refractivity contribution in [2.45, 2.75) is 0 Å². The van der Waals surface area contributed by atoms with Crippen molar-refractivity contribution in [1.82, 2.24) is 0 Å². The minimum Gasteiger partial charge on any atom is -0.322 e. The van der Waals surface area contributed by atoms with E-state index in [0.717, 1.165) is 12.1 Å². The minimum absolute atomic E-state index is 0.184. The van der Waals surface area contributed by atoms with Crippen LogP contribution in [0.3, 0.4) is 0 Å². The Morgan fingerprint density at radius 1 is 0.778 bits per heavy atom. The van der Waals surface area contributed by atoms with Crippen LogP contribution in [-0.2, 0) is 4.79 Å². The van der Waals surface area contributed by atoms with E-state index in [4.69, 9.17) is 0 Å². The Bertz CT molecular complexity index is 999. The third kappa shape index (κ3) is 4.52. The average Bonchev–Trinajstić information content (AvgIpc) is 2.69. The summed E-state index contributed by atoms with van der Waals surface area (Å²) >= 11 is 0. The molecule has 0 unspecified atom stereocenters. The molecule has 3 aromatic carbocycles. The molecule has 134 valence electrons. The molecule has 0 bridgehead atoms. The molecule has 3 aromatic rings. The van der Waals surface area contributed by atoms with Crippen molar-refractivity contribution in [3.63, 3.8) is 0 Å². The number of nitrogens with one attached hydrogen (secondary N) is 1. The van der Waals surface area contributed by atoms with Gasteiger partial charge in [0.15, 0.2) is 17.4 Å². The minimum atomic E-state index is -1.06. The van der Waals surface area contributed by atoms with Crippen molar-refractivity contribution < 1.29 is 18.4 Å². The molecule has 1 amide bonds. The number of para-hydroxylation sites is 1. The molecule has 27 heavy (non-hydrogen) atoms. The van der Waals surface area contributed by atoms with E-state index in [1.165, 1.54) is 12.1 Å². The standard InChI is InChI=1S/C22H15F2NO2/c23-19-12-11-15(14-20(19)24)13-18(21(26)16-7-3-1-4-8-16)22(27)25-17-9-5-2-6-10-17/h1-14H,(H,25,27)/b18-13+. The summed E-state index contributed by atoms with van der Waals surface area (Å²) in [6.07, 6.45) is 1.25. The zero-order valence-corrected chi connectivity index (χ0v) is 14.2. The maximum atomic E-state index is 13.5. The third-order valence-corrected chi connectivity index (χ3v) is 3.81. The van der Waals surface area contributed by atoms with Crippen LogP contribution in [0, 0.1) is 11.6 Å². The molecule has 0 saturated carbocycles. The molecule has 0 atom stereocenters. The smallest absolute Gasteiger partial charge is 0.259 e. The summed E-state index contributed by atoms with van der Waals surface area (Å²) in [6.45, 7) is 0. The number of benzene rings is 3. The van der Waals surface area contributed by atoms with Gasteiger partial charge in [0.1, 0.15) is 0 Å². The van der Waals surface area contributed by atoms with Crippen LogP contribution < -0.4 is 5.32 Å². The van der Waals surface area contributed by atoms with Crippen molar-refractivity contribution in [3.8, 4) is 0 Å². The van der Waals surface area contributed by atoms with Gasteiger partial charge in [0.25, 0.3) is 5.91 Å². The zero-order valence-electron chi connectivity index (χ0n) is 14.2. The molecule has 0 fully saturated rings. The molecule has 0 radical (unpaired) electrons. The molecular weight excluding hydrogens is 348 g/mol. The van der Waals surface area contributed by atoms with E-state index >= 15 is 0 Å². The molecule has 3 nitrogen and oxygen atoms in total. The number of halogens is 2. The molecule has 0 heterocycles. The van der Waals surface area contributed by atoms with Gasteiger partial charge in [-0.15, -0.1) is 0 Å². The van der Waals surface area contributed by atoms with E-state index in [2.05, 4.69) is 5.32 Å². The number of amides is 1. The first-order valence-corrected chi connectivity index (χ1v) is 8.17. The Labute approximate surface area is 155 Å². The van der Waals surface area contributed by atoms with E-state index in [-0.39, 0.29) is 11.1 Å². The monoisotopic (exact) mass is 363 g/mol. The SMILES string of the molecule is O=C(Nc1ccccc1)/C(=C/c1ccc(F)c(F)c1)C(=O)c1ccccc1. The van der Waals surface area contributed by atoms with Crippen molar-refractivity contribution >= 4 is 23.5 Å². The molecule has 0 spiro atoms. The van der Waals surface area contributed by atoms with Gasteiger partial charge in [0, 0.05) is 11.3 Å². The van der Waals surface area contributed by atoms with Gasteiger partial charge in [-0.05, 0) is 35.9 Å². The van der Waals surface area contributed by atoms with Crippen LogP contribution in [0.25, 0.3) is 6.08 Å². The van der Waals surface area contributed by atoms with E-state index in [1.54, 1.807) is 60.7 Å². The van der Waals surface area contributed by atoms with Gasteiger partial charge in [0.05, 0.1) is 5.57 Å². The summed E-state index contributed by atoms with van der Waals surface area (Å²) in [4.78, 5) is 25.6. The van der Waals surface area contributed by atoms with E-state index in [1.807, 2.05) is 0 Å². The van der Waals surface area contributed by atoms with Gasteiger partial charge in [-0.25, -0.2) is 8.78 Å². The van der Waals surface area contributed by atoms with Crippen molar-refractivity contribution in [1.29, 1.82) is 0 Å². The highest BCUT2D eigenvalue weighted by molar-refractivity contribution is 6.31. The fourth-order valence-corrected chi connectivity index (χ4v) is 2.47. The number of hydrogen-bond donors (Lipinski definition) is 1. The van der Waals surface area contributed by atoms with E-state index < -0.39 is 23.3 Å². The number of hydrogen-bond acceptors (Lipinski definition) is 2. The Hall–Kier alpha value is -3.60. The highest BCUT2D eigenvalue weighted by Gasteiger charge is 2.20. The Kier molecular flexibility index (Phi) is 5.52. The molecule has 1 N–H and O–H groups in total. The van der Waals surface area contributed by atoms with Crippen LogP contribution in [0.2, 0.25) is 0 Å². The molecule has 0 aliphatic carbocycles. The van der Waals surface area contributed by atoms with E-state index in [9.17, 15) is 18.4 Å². The first kappa shape index (κ1) is 18.2. The fourth-order valence-electron chi connectivity index (χ4n) is 2.47. The van der Waals surface area contributed by atoms with Gasteiger partial charge in [-0.1, -0.05) is 54.6 Å².